The number of benzene rings is 3. The first-order valence-corrected chi connectivity index (χ1v) is 18.4. The summed E-state index contributed by atoms with van der Waals surface area (Å²) in [6.07, 6.45) is 0.668. The molecule has 2 aliphatic heterocycles. The van der Waals surface area contributed by atoms with E-state index in [0.29, 0.717) is 89.1 Å². The topological polar surface area (TPSA) is 167 Å². The number of nitrogens with zero attached hydrogens (tertiary/aromatic N) is 6. The largest absolute Gasteiger partial charge is 0.481 e. The highest BCUT2D eigenvalue weighted by Crippen LogP contribution is 2.40. The molecule has 7 rings (SSSR count). The summed E-state index contributed by atoms with van der Waals surface area (Å²) in [5.41, 5.74) is 5.62. The lowest BCUT2D eigenvalue weighted by Crippen LogP contribution is -2.40. The van der Waals surface area contributed by atoms with Crippen LogP contribution in [-0.2, 0) is 36.1 Å². The zero-order valence-corrected chi connectivity index (χ0v) is 32.4. The summed E-state index contributed by atoms with van der Waals surface area (Å²) in [6, 6.07) is 17.0. The monoisotopic (exact) mass is 763 g/mol. The van der Waals surface area contributed by atoms with Crippen molar-refractivity contribution in [1.82, 2.24) is 24.3 Å². The third kappa shape index (κ3) is 7.27. The number of carboxylic acids is 1. The lowest BCUT2D eigenvalue weighted by atomic mass is 9.90. The molecule has 2 amide bonds. The minimum atomic E-state index is -0.807. The van der Waals surface area contributed by atoms with Crippen molar-refractivity contribution in [2.45, 2.75) is 66.2 Å². The number of hydrogen-bond donors (Lipinski definition) is 2. The molecule has 1 saturated heterocycles. The van der Waals surface area contributed by atoms with Gasteiger partial charge in [-0.2, -0.15) is 5.26 Å². The molecule has 14 heteroatoms. The second-order valence-corrected chi connectivity index (χ2v) is 16.0. The lowest BCUT2D eigenvalue weighted by molar-refractivity contribution is -0.147. The Labute approximate surface area is 323 Å². The second-order valence-electron chi connectivity index (χ2n) is 15.6. The van der Waals surface area contributed by atoms with Gasteiger partial charge in [0.15, 0.2) is 11.4 Å². The Bertz CT molecular complexity index is 2420. The molecular weight excluding hydrogens is 722 g/mol. The van der Waals surface area contributed by atoms with Crippen molar-refractivity contribution in [3.05, 3.63) is 87.5 Å². The van der Waals surface area contributed by atoms with E-state index in [9.17, 15) is 24.8 Å². The summed E-state index contributed by atoms with van der Waals surface area (Å²) >= 11 is 7.01. The summed E-state index contributed by atoms with van der Waals surface area (Å²) in [5.74, 6) is -0.708. The van der Waals surface area contributed by atoms with Crippen LogP contribution >= 0.6 is 11.6 Å². The minimum absolute atomic E-state index is 0.200. The minimum Gasteiger partial charge on any atom is -0.481 e. The number of aliphatic carboxylic acids is 1. The Balaban J connectivity index is 1.12. The van der Waals surface area contributed by atoms with Gasteiger partial charge in [0, 0.05) is 49.9 Å². The molecule has 0 spiro atoms. The van der Waals surface area contributed by atoms with Gasteiger partial charge in [-0.1, -0.05) is 35.9 Å². The average Bonchev–Trinajstić information content (AvgIpc) is 3.83. The fourth-order valence-electron chi connectivity index (χ4n) is 7.39. The summed E-state index contributed by atoms with van der Waals surface area (Å²) in [4.78, 5) is 51.2. The number of halogens is 1. The summed E-state index contributed by atoms with van der Waals surface area (Å²) in [7, 11) is 1.79. The Morgan fingerprint density at radius 2 is 1.82 bits per heavy atom. The quantitative estimate of drug-likeness (QED) is 0.169. The van der Waals surface area contributed by atoms with Crippen molar-refractivity contribution < 1.29 is 28.6 Å². The molecule has 1 fully saturated rings. The van der Waals surface area contributed by atoms with Crippen LogP contribution in [0, 0.1) is 23.7 Å². The van der Waals surface area contributed by atoms with Crippen LogP contribution in [0.5, 0.6) is 0 Å². The van der Waals surface area contributed by atoms with Crippen LogP contribution < -0.4 is 5.32 Å². The number of ether oxygens (including phenoxy) is 1. The van der Waals surface area contributed by atoms with Gasteiger partial charge in [-0.05, 0) is 88.5 Å². The predicted molar refractivity (Wildman–Crippen MR) is 206 cm³/mol. The van der Waals surface area contributed by atoms with E-state index in [1.165, 1.54) is 0 Å². The van der Waals surface area contributed by atoms with Crippen molar-refractivity contribution in [3.8, 4) is 28.7 Å². The summed E-state index contributed by atoms with van der Waals surface area (Å²) in [6.45, 7) is 11.4. The maximum absolute atomic E-state index is 13.6. The Morgan fingerprint density at radius 3 is 2.53 bits per heavy atom. The van der Waals surface area contributed by atoms with Gasteiger partial charge in [0.2, 0.25) is 5.89 Å². The van der Waals surface area contributed by atoms with Crippen LogP contribution in [0.25, 0.3) is 33.7 Å². The molecule has 0 bridgehead atoms. The number of hydrogen-bond acceptors (Lipinski definition) is 9. The van der Waals surface area contributed by atoms with Crippen LogP contribution in [0.3, 0.4) is 0 Å². The van der Waals surface area contributed by atoms with Crippen molar-refractivity contribution in [1.29, 1.82) is 5.26 Å². The number of oxazole rings is 1. The average molecular weight is 764 g/mol. The molecule has 2 N–H and O–H groups in total. The molecule has 3 aromatic carbocycles. The molecule has 0 saturated carbocycles. The first kappa shape index (κ1) is 37.6. The number of nitriles is 1. The molecule has 55 heavy (non-hydrogen) atoms. The number of carboxylic acid groups (broad SMARTS) is 1. The summed E-state index contributed by atoms with van der Waals surface area (Å²) < 4.78 is 13.5. The van der Waals surface area contributed by atoms with Gasteiger partial charge < -0.3 is 29.0 Å². The number of anilines is 1. The first-order chi connectivity index (χ1) is 26.0. The SMILES string of the molecule is Cc1c(-c2nc3cc(CN4CC[C@@](C)(C(=O)O)C4)cc(C#N)c3o2)cccc1-c1cccc(NC(=O)c2nc3c(n2C)CCN(C(=O)OC(C)(C)C)C3)c1Cl. The number of amides is 2. The second kappa shape index (κ2) is 14.2. The van der Waals surface area contributed by atoms with E-state index in [4.69, 9.17) is 25.7 Å². The van der Waals surface area contributed by atoms with Crippen molar-refractivity contribution >= 4 is 46.4 Å². The number of aromatic nitrogens is 3. The Morgan fingerprint density at radius 1 is 1.09 bits per heavy atom. The number of rotatable bonds is 7. The fourth-order valence-corrected chi connectivity index (χ4v) is 7.67. The van der Waals surface area contributed by atoms with Crippen molar-refractivity contribution in [2.75, 3.05) is 25.0 Å². The maximum Gasteiger partial charge on any atom is 0.410 e. The van der Waals surface area contributed by atoms with Gasteiger partial charge in [-0.15, -0.1) is 0 Å². The normalized spacial score (nSPS) is 17.2. The first-order valence-electron chi connectivity index (χ1n) is 18.1. The summed E-state index contributed by atoms with van der Waals surface area (Å²) in [5, 5.41) is 22.9. The van der Waals surface area contributed by atoms with E-state index in [1.807, 2.05) is 64.1 Å². The number of imidazole rings is 1. The molecule has 2 aromatic heterocycles. The molecule has 284 valence electrons. The van der Waals surface area contributed by atoms with Gasteiger partial charge in [0.1, 0.15) is 17.2 Å². The zero-order valence-electron chi connectivity index (χ0n) is 31.6. The molecule has 0 radical (unpaired) electrons. The number of likely N-dealkylation sites (tertiary alicyclic amines) is 1. The fraction of sp³-hybridized carbons (Fsp3) is 0.366. The van der Waals surface area contributed by atoms with Crippen LogP contribution in [0.4, 0.5) is 10.5 Å². The van der Waals surface area contributed by atoms with Crippen molar-refractivity contribution in [3.63, 3.8) is 0 Å². The van der Waals surface area contributed by atoms with Crippen LogP contribution in [0.2, 0.25) is 5.02 Å². The number of fused-ring (bicyclic) bond motifs is 2. The van der Waals surface area contributed by atoms with Gasteiger partial charge >= 0.3 is 12.1 Å². The van der Waals surface area contributed by atoms with Gasteiger partial charge in [-0.3, -0.25) is 14.5 Å². The zero-order chi connectivity index (χ0) is 39.4. The van der Waals surface area contributed by atoms with Gasteiger partial charge in [0.05, 0.1) is 33.9 Å². The number of nitrogens with one attached hydrogen (secondary N) is 1. The third-order valence-electron chi connectivity index (χ3n) is 10.4. The molecule has 2 aliphatic rings. The standard InChI is InChI=1S/C41H42ClN7O6/c1-23-26(9-7-10-27(23)37-46-30-18-24(17-25(19-43)34(30)54-37)20-48-16-14-41(5,22-48)38(51)52)28-11-8-12-29(33(28)42)45-36(50)35-44-31-21-49(15-13-32(31)47(35)6)39(53)55-40(2,3)4/h7-12,17-18H,13-16,20-22H2,1-6H3,(H,45,50)(H,51,52)/t41-/m1/s1. The van der Waals surface area contributed by atoms with E-state index < -0.39 is 29.0 Å². The van der Waals surface area contributed by atoms with Crippen LogP contribution in [0.1, 0.15) is 72.8 Å². The number of carbonyl (C=O) groups excluding carboxylic acids is 2. The van der Waals surface area contributed by atoms with Crippen LogP contribution in [0.15, 0.2) is 52.9 Å². The highest BCUT2D eigenvalue weighted by molar-refractivity contribution is 6.36. The molecule has 1 atom stereocenters. The third-order valence-corrected chi connectivity index (χ3v) is 10.8. The molecule has 4 heterocycles. The van der Waals surface area contributed by atoms with Gasteiger partial charge in [0.25, 0.3) is 5.91 Å². The smallest absolute Gasteiger partial charge is 0.410 e. The van der Waals surface area contributed by atoms with E-state index in [0.717, 1.165) is 22.4 Å². The van der Waals surface area contributed by atoms with Crippen LogP contribution in [-0.4, -0.2) is 72.6 Å². The maximum atomic E-state index is 13.6. The highest BCUT2D eigenvalue weighted by Gasteiger charge is 2.40. The van der Waals surface area contributed by atoms with Crippen molar-refractivity contribution in [2.24, 2.45) is 12.5 Å². The highest BCUT2D eigenvalue weighted by atomic mass is 35.5. The molecule has 5 aromatic rings. The van der Waals surface area contributed by atoms with E-state index in [2.05, 4.69) is 21.3 Å². The lowest BCUT2D eigenvalue weighted by Gasteiger charge is -2.29. The number of carbonyl (C=O) groups is 3. The van der Waals surface area contributed by atoms with E-state index in [-0.39, 0.29) is 12.4 Å². The van der Waals surface area contributed by atoms with E-state index in [1.54, 1.807) is 35.6 Å². The molecule has 0 aliphatic carbocycles. The van der Waals surface area contributed by atoms with E-state index >= 15 is 0 Å². The molecular formula is C41H42ClN7O6. The predicted octanol–water partition coefficient (Wildman–Crippen LogP) is 7.57. The Hall–Kier alpha value is -5.71. The molecule has 0 unspecified atom stereocenters. The molecule has 13 nitrogen and oxygen atoms in total. The Kier molecular flexibility index (Phi) is 9.69. The van der Waals surface area contributed by atoms with Gasteiger partial charge in [-0.25, -0.2) is 14.8 Å².